The molecule has 28 heavy (non-hydrogen) atoms. The van der Waals surface area contributed by atoms with E-state index in [2.05, 4.69) is 15.3 Å². The summed E-state index contributed by atoms with van der Waals surface area (Å²) in [4.78, 5) is 20.7. The van der Waals surface area contributed by atoms with Crippen LogP contribution in [0.3, 0.4) is 0 Å². The van der Waals surface area contributed by atoms with Crippen LogP contribution in [0.1, 0.15) is 16.1 Å². The van der Waals surface area contributed by atoms with Crippen molar-refractivity contribution in [1.82, 2.24) is 9.97 Å². The lowest BCUT2D eigenvalue weighted by Crippen LogP contribution is -2.17. The van der Waals surface area contributed by atoms with Crippen LogP contribution in [0.4, 0.5) is 14.6 Å². The number of amides is 1. The largest absolute Gasteiger partial charge is 0.484 e. The Bertz CT molecular complexity index is 1040. The Balaban J connectivity index is 1.57. The molecule has 8 heteroatoms. The van der Waals surface area contributed by atoms with Crippen LogP contribution in [0.25, 0.3) is 11.1 Å². The van der Waals surface area contributed by atoms with Crippen LogP contribution in [-0.4, -0.2) is 29.1 Å². The summed E-state index contributed by atoms with van der Waals surface area (Å²) < 4.78 is 38.5. The monoisotopic (exact) mass is 383 g/mol. The third kappa shape index (κ3) is 3.36. The number of hydrogen-bond acceptors (Lipinski definition) is 5. The Morgan fingerprint density at radius 1 is 1.11 bits per heavy atom. The molecule has 0 atom stereocenters. The van der Waals surface area contributed by atoms with Crippen LogP contribution in [-0.2, 0) is 0 Å². The Labute approximate surface area is 159 Å². The van der Waals surface area contributed by atoms with Gasteiger partial charge in [-0.05, 0) is 37.3 Å². The molecular weight excluding hydrogens is 368 g/mol. The third-order valence-corrected chi connectivity index (χ3v) is 4.23. The van der Waals surface area contributed by atoms with Gasteiger partial charge < -0.3 is 14.8 Å². The van der Waals surface area contributed by atoms with Crippen molar-refractivity contribution in [2.45, 2.75) is 6.92 Å². The molecule has 1 aliphatic heterocycles. The molecule has 142 valence electrons. The maximum Gasteiger partial charge on any atom is 0.262 e. The van der Waals surface area contributed by atoms with Gasteiger partial charge in [0.05, 0.1) is 0 Å². The van der Waals surface area contributed by atoms with Crippen molar-refractivity contribution < 1.29 is 23.0 Å². The van der Waals surface area contributed by atoms with Gasteiger partial charge in [-0.1, -0.05) is 6.07 Å². The van der Waals surface area contributed by atoms with E-state index < -0.39 is 23.1 Å². The first-order valence-electron chi connectivity index (χ1n) is 8.52. The van der Waals surface area contributed by atoms with Gasteiger partial charge in [0.15, 0.2) is 5.75 Å². The molecule has 0 saturated heterocycles. The highest BCUT2D eigenvalue weighted by Crippen LogP contribution is 2.34. The fourth-order valence-electron chi connectivity index (χ4n) is 2.87. The number of nitrogens with zero attached hydrogens (tertiary/aromatic N) is 2. The van der Waals surface area contributed by atoms with Gasteiger partial charge in [0.2, 0.25) is 0 Å². The second-order valence-corrected chi connectivity index (χ2v) is 6.10. The summed E-state index contributed by atoms with van der Waals surface area (Å²) in [7, 11) is 0. The minimum atomic E-state index is -0.938. The van der Waals surface area contributed by atoms with Gasteiger partial charge in [0, 0.05) is 23.0 Å². The van der Waals surface area contributed by atoms with Crippen molar-refractivity contribution in [2.24, 2.45) is 0 Å². The van der Waals surface area contributed by atoms with Gasteiger partial charge >= 0.3 is 0 Å². The summed E-state index contributed by atoms with van der Waals surface area (Å²) in [6.45, 7) is 2.74. The fourth-order valence-corrected chi connectivity index (χ4v) is 2.87. The Kier molecular flexibility index (Phi) is 4.60. The fraction of sp³-hybridized carbons (Fsp3) is 0.150. The van der Waals surface area contributed by atoms with Crippen LogP contribution in [0, 0.1) is 18.6 Å². The van der Waals surface area contributed by atoms with E-state index >= 15 is 0 Å². The number of aromatic nitrogens is 2. The van der Waals surface area contributed by atoms with E-state index in [0.717, 1.165) is 29.0 Å². The molecule has 0 saturated carbocycles. The molecule has 3 heterocycles. The molecule has 2 aromatic heterocycles. The van der Waals surface area contributed by atoms with Crippen molar-refractivity contribution in [3.63, 3.8) is 0 Å². The molecule has 0 fully saturated rings. The number of ether oxygens (including phenoxy) is 2. The second-order valence-electron chi connectivity index (χ2n) is 6.10. The highest BCUT2D eigenvalue weighted by Gasteiger charge is 2.19. The highest BCUT2D eigenvalue weighted by atomic mass is 19.1. The molecule has 4 rings (SSSR count). The number of fused-ring (bicyclic) bond motifs is 1. The van der Waals surface area contributed by atoms with E-state index in [9.17, 15) is 13.6 Å². The van der Waals surface area contributed by atoms with Gasteiger partial charge in [0.25, 0.3) is 11.8 Å². The summed E-state index contributed by atoms with van der Waals surface area (Å²) >= 11 is 0. The predicted octanol–water partition coefficient (Wildman–Crippen LogP) is 3.75. The molecular formula is C20H15F2N3O3. The number of halogens is 2. The van der Waals surface area contributed by atoms with E-state index in [-0.39, 0.29) is 5.82 Å². The average molecular weight is 383 g/mol. The van der Waals surface area contributed by atoms with E-state index in [1.165, 1.54) is 12.3 Å². The number of carbonyl (C=O) groups is 1. The number of anilines is 1. The standard InChI is InChI=1S/C20H15F2N3O3/c1-11-13(9-16-20(24-11)28-8-7-27-16)12-5-6-17(23-10-12)25-19(26)18-14(21)3-2-4-15(18)22/h2-6,9-10H,7-8H2,1H3,(H,23,25,26). The molecule has 6 nitrogen and oxygen atoms in total. The van der Waals surface area contributed by atoms with Crippen LogP contribution < -0.4 is 14.8 Å². The lowest BCUT2D eigenvalue weighted by atomic mass is 10.1. The van der Waals surface area contributed by atoms with Gasteiger partial charge in [-0.25, -0.2) is 18.7 Å². The molecule has 0 spiro atoms. The first kappa shape index (κ1) is 17.8. The van der Waals surface area contributed by atoms with Gasteiger partial charge in [-0.15, -0.1) is 0 Å². The zero-order valence-corrected chi connectivity index (χ0v) is 14.8. The number of rotatable bonds is 3. The topological polar surface area (TPSA) is 73.3 Å². The Morgan fingerprint density at radius 2 is 1.86 bits per heavy atom. The molecule has 0 aliphatic carbocycles. The summed E-state index contributed by atoms with van der Waals surface area (Å²) in [6.07, 6.45) is 1.54. The van der Waals surface area contributed by atoms with Gasteiger partial charge in [-0.3, -0.25) is 4.79 Å². The molecule has 1 N–H and O–H groups in total. The highest BCUT2D eigenvalue weighted by molar-refractivity contribution is 6.04. The lowest BCUT2D eigenvalue weighted by Gasteiger charge is -2.19. The van der Waals surface area contributed by atoms with E-state index in [1.807, 2.05) is 13.0 Å². The SMILES string of the molecule is Cc1nc2c(cc1-c1ccc(NC(=O)c3c(F)cccc3F)nc1)OCCO2. The van der Waals surface area contributed by atoms with Crippen LogP contribution >= 0.6 is 0 Å². The molecule has 1 amide bonds. The zero-order valence-electron chi connectivity index (χ0n) is 14.8. The van der Waals surface area contributed by atoms with Crippen LogP contribution in [0.5, 0.6) is 11.6 Å². The first-order valence-corrected chi connectivity index (χ1v) is 8.52. The second kappa shape index (κ2) is 7.22. The number of aryl methyl sites for hydroxylation is 1. The zero-order chi connectivity index (χ0) is 19.7. The minimum absolute atomic E-state index is 0.166. The maximum atomic E-state index is 13.7. The van der Waals surface area contributed by atoms with Gasteiger partial charge in [-0.2, -0.15) is 0 Å². The minimum Gasteiger partial charge on any atom is -0.484 e. The number of nitrogens with one attached hydrogen (secondary N) is 1. The van der Waals surface area contributed by atoms with E-state index in [4.69, 9.17) is 9.47 Å². The number of carbonyl (C=O) groups excluding carboxylic acids is 1. The Morgan fingerprint density at radius 3 is 2.57 bits per heavy atom. The first-order chi connectivity index (χ1) is 13.5. The normalized spacial score (nSPS) is 12.5. The van der Waals surface area contributed by atoms with Crippen molar-refractivity contribution in [1.29, 1.82) is 0 Å². The predicted molar refractivity (Wildman–Crippen MR) is 97.5 cm³/mol. The summed E-state index contributed by atoms with van der Waals surface area (Å²) in [5, 5.41) is 2.39. The van der Waals surface area contributed by atoms with E-state index in [1.54, 1.807) is 12.1 Å². The van der Waals surface area contributed by atoms with Gasteiger partial charge in [0.1, 0.15) is 36.2 Å². The molecule has 1 aliphatic rings. The quantitative estimate of drug-likeness (QED) is 0.746. The van der Waals surface area contributed by atoms with Crippen LogP contribution in [0.15, 0.2) is 42.6 Å². The Hall–Kier alpha value is -3.55. The molecule has 0 bridgehead atoms. The maximum absolute atomic E-state index is 13.7. The molecule has 0 unspecified atom stereocenters. The van der Waals surface area contributed by atoms with Crippen molar-refractivity contribution >= 4 is 11.7 Å². The number of benzene rings is 1. The average Bonchev–Trinajstić information content (AvgIpc) is 2.68. The number of hydrogen-bond donors (Lipinski definition) is 1. The lowest BCUT2D eigenvalue weighted by molar-refractivity contribution is 0.101. The van der Waals surface area contributed by atoms with E-state index in [0.29, 0.717) is 24.8 Å². The summed E-state index contributed by atoms with van der Waals surface area (Å²) in [5.41, 5.74) is 1.63. The molecule has 0 radical (unpaired) electrons. The summed E-state index contributed by atoms with van der Waals surface area (Å²) in [6, 6.07) is 8.32. The summed E-state index contributed by atoms with van der Waals surface area (Å²) in [5.74, 6) is -1.61. The van der Waals surface area contributed by atoms with Crippen molar-refractivity contribution in [2.75, 3.05) is 18.5 Å². The van der Waals surface area contributed by atoms with Crippen LogP contribution in [0.2, 0.25) is 0 Å². The van der Waals surface area contributed by atoms with Crippen molar-refractivity contribution in [3.05, 3.63) is 65.5 Å². The third-order valence-electron chi connectivity index (χ3n) is 4.23. The number of pyridine rings is 2. The van der Waals surface area contributed by atoms with Crippen molar-refractivity contribution in [3.8, 4) is 22.8 Å². The molecule has 1 aromatic carbocycles. The molecule has 3 aromatic rings. The smallest absolute Gasteiger partial charge is 0.262 e.